The molecule has 7 nitrogen and oxygen atoms in total. The fourth-order valence-electron chi connectivity index (χ4n) is 4.69. The molecule has 8 heteroatoms. The zero-order chi connectivity index (χ0) is 25.8. The van der Waals surface area contributed by atoms with Gasteiger partial charge in [0, 0.05) is 24.6 Å². The van der Waals surface area contributed by atoms with Gasteiger partial charge in [-0.05, 0) is 53.8 Å². The Balaban J connectivity index is 1.91. The van der Waals surface area contributed by atoms with Gasteiger partial charge in [-0.3, -0.25) is 9.59 Å². The number of hydrogen-bond acceptors (Lipinski definition) is 6. The molecular weight excluding hydrogens is 463 g/mol. The molecule has 0 bridgehead atoms. The molecule has 1 aliphatic carbocycles. The Morgan fingerprint density at radius 2 is 1.78 bits per heavy atom. The van der Waals surface area contributed by atoms with E-state index in [0.717, 1.165) is 16.7 Å². The zero-order valence-corrected chi connectivity index (χ0v) is 20.7. The zero-order valence-electron chi connectivity index (χ0n) is 20.7. The molecule has 1 amide bonds. The average Bonchev–Trinajstić information content (AvgIpc) is 3.11. The monoisotopic (exact) mass is 492 g/mol. The molecule has 4 rings (SSSR count). The number of amides is 1. The Morgan fingerprint density at radius 1 is 1.03 bits per heavy atom. The molecule has 3 aromatic rings. The third-order valence-electron chi connectivity index (χ3n) is 6.34. The van der Waals surface area contributed by atoms with E-state index in [2.05, 4.69) is 10.6 Å². The Hall–Kier alpha value is -4.07. The fourth-order valence-corrected chi connectivity index (χ4v) is 4.69. The second-order valence-corrected chi connectivity index (χ2v) is 8.54. The van der Waals surface area contributed by atoms with Crippen LogP contribution >= 0.6 is 0 Å². The van der Waals surface area contributed by atoms with Crippen molar-refractivity contribution < 1.29 is 23.4 Å². The van der Waals surface area contributed by atoms with E-state index >= 15 is 0 Å². The number of hydrogen-bond donors (Lipinski definition) is 2. The lowest BCUT2D eigenvalue weighted by Gasteiger charge is -2.19. The summed E-state index contributed by atoms with van der Waals surface area (Å²) in [6.45, 7) is 1.60. The summed E-state index contributed by atoms with van der Waals surface area (Å²) in [6, 6.07) is 13.0. The molecule has 0 aliphatic heterocycles. The van der Waals surface area contributed by atoms with Crippen molar-refractivity contribution in [2.75, 3.05) is 26.6 Å². The molecular formula is C28H29FN2O5. The first kappa shape index (κ1) is 25.0. The number of anilines is 1. The third kappa shape index (κ3) is 4.84. The quantitative estimate of drug-likeness (QED) is 0.501. The molecule has 0 heterocycles. The summed E-state index contributed by atoms with van der Waals surface area (Å²) in [5.41, 5.74) is 3.60. The summed E-state index contributed by atoms with van der Waals surface area (Å²) < 4.78 is 31.1. The van der Waals surface area contributed by atoms with Crippen molar-refractivity contribution in [2.45, 2.75) is 32.4 Å². The highest BCUT2D eigenvalue weighted by atomic mass is 19.1. The highest BCUT2D eigenvalue weighted by molar-refractivity contribution is 5.83. The summed E-state index contributed by atoms with van der Waals surface area (Å²) >= 11 is 0. The smallest absolute Gasteiger partial charge is 0.217 e. The minimum absolute atomic E-state index is 0.149. The summed E-state index contributed by atoms with van der Waals surface area (Å²) in [7, 11) is 4.65. The normalized spacial score (nSPS) is 14.1. The van der Waals surface area contributed by atoms with Gasteiger partial charge >= 0.3 is 0 Å². The number of carbonyl (C=O) groups is 1. The Kier molecular flexibility index (Phi) is 7.43. The van der Waals surface area contributed by atoms with Crippen LogP contribution in [0.5, 0.6) is 17.2 Å². The van der Waals surface area contributed by atoms with Crippen LogP contribution in [0.3, 0.4) is 0 Å². The van der Waals surface area contributed by atoms with Gasteiger partial charge in [0.05, 0.1) is 33.1 Å². The molecule has 3 aromatic carbocycles. The van der Waals surface area contributed by atoms with Crippen molar-refractivity contribution in [1.82, 2.24) is 5.32 Å². The van der Waals surface area contributed by atoms with Crippen LogP contribution in [-0.2, 0) is 17.8 Å². The average molecular weight is 493 g/mol. The van der Waals surface area contributed by atoms with Gasteiger partial charge in [-0.1, -0.05) is 24.3 Å². The number of benzene rings is 2. The molecule has 1 aliphatic rings. The molecule has 0 saturated carbocycles. The Bertz CT molecular complexity index is 1360. The number of aryl methyl sites for hydroxylation is 1. The second-order valence-electron chi connectivity index (χ2n) is 8.54. The lowest BCUT2D eigenvalue weighted by atomic mass is 9.95. The molecule has 0 spiro atoms. The van der Waals surface area contributed by atoms with E-state index in [1.807, 2.05) is 12.1 Å². The molecule has 36 heavy (non-hydrogen) atoms. The van der Waals surface area contributed by atoms with Gasteiger partial charge < -0.3 is 24.8 Å². The minimum Gasteiger partial charge on any atom is -0.493 e. The van der Waals surface area contributed by atoms with Gasteiger partial charge in [0.15, 0.2) is 11.5 Å². The van der Waals surface area contributed by atoms with Crippen LogP contribution in [0.15, 0.2) is 53.3 Å². The summed E-state index contributed by atoms with van der Waals surface area (Å²) in [5, 5.41) is 6.04. The van der Waals surface area contributed by atoms with E-state index in [0.29, 0.717) is 46.9 Å². The van der Waals surface area contributed by atoms with Crippen molar-refractivity contribution in [1.29, 1.82) is 0 Å². The SMILES string of the molecule is COc1cc2c(c(OC)c1OC)-c1ccc(NCc3ccccc3F)c(=O)cc1[C@H](NC(C)=O)CC2. The van der Waals surface area contributed by atoms with Crippen LogP contribution in [-0.4, -0.2) is 27.2 Å². The highest BCUT2D eigenvalue weighted by Gasteiger charge is 2.29. The fraction of sp³-hybridized carbons (Fsp3) is 0.286. The second kappa shape index (κ2) is 10.7. The minimum atomic E-state index is -0.397. The number of nitrogens with one attached hydrogen (secondary N) is 2. The maximum Gasteiger partial charge on any atom is 0.217 e. The molecule has 188 valence electrons. The van der Waals surface area contributed by atoms with E-state index in [1.54, 1.807) is 38.5 Å². The number of fused-ring (bicyclic) bond motifs is 3. The standard InChI is InChI=1S/C28H29FN2O5/c1-16(32)31-22-11-9-17-13-25(34-2)27(35-3)28(36-4)26(17)19-10-12-23(24(33)14-20(19)22)30-15-18-7-5-6-8-21(18)29/h5-8,10,12-14,22H,9,11,15H2,1-4H3,(H,30,33)(H,31,32)/t22-/m1/s1. The molecule has 1 atom stereocenters. The summed E-state index contributed by atoms with van der Waals surface area (Å²) in [4.78, 5) is 25.3. The molecule has 0 unspecified atom stereocenters. The van der Waals surface area contributed by atoms with Gasteiger partial charge in [0.25, 0.3) is 0 Å². The van der Waals surface area contributed by atoms with Crippen LogP contribution in [0.1, 0.15) is 36.1 Å². The van der Waals surface area contributed by atoms with Crippen molar-refractivity contribution in [3.05, 3.63) is 81.3 Å². The third-order valence-corrected chi connectivity index (χ3v) is 6.34. The molecule has 0 fully saturated rings. The van der Waals surface area contributed by atoms with Crippen LogP contribution in [0.4, 0.5) is 10.1 Å². The van der Waals surface area contributed by atoms with E-state index in [1.165, 1.54) is 26.2 Å². The summed E-state index contributed by atoms with van der Waals surface area (Å²) in [6.07, 6.45) is 1.18. The van der Waals surface area contributed by atoms with Gasteiger partial charge in [-0.15, -0.1) is 0 Å². The van der Waals surface area contributed by atoms with E-state index < -0.39 is 6.04 Å². The first-order valence-corrected chi connectivity index (χ1v) is 11.6. The maximum atomic E-state index is 14.1. The number of methoxy groups -OCH3 is 3. The van der Waals surface area contributed by atoms with E-state index in [4.69, 9.17) is 14.2 Å². The van der Waals surface area contributed by atoms with Crippen molar-refractivity contribution in [2.24, 2.45) is 0 Å². The first-order valence-electron chi connectivity index (χ1n) is 11.6. The van der Waals surface area contributed by atoms with Crippen LogP contribution in [0, 0.1) is 5.82 Å². The topological polar surface area (TPSA) is 85.9 Å². The van der Waals surface area contributed by atoms with Gasteiger partial charge in [-0.2, -0.15) is 0 Å². The number of ether oxygens (including phenoxy) is 3. The van der Waals surface area contributed by atoms with Gasteiger partial charge in [0.2, 0.25) is 17.1 Å². The van der Waals surface area contributed by atoms with Crippen LogP contribution < -0.4 is 30.3 Å². The highest BCUT2D eigenvalue weighted by Crippen LogP contribution is 2.50. The number of halogens is 1. The summed E-state index contributed by atoms with van der Waals surface area (Å²) in [5.74, 6) is 0.907. The molecule has 0 aromatic heterocycles. The predicted octanol–water partition coefficient (Wildman–Crippen LogP) is 4.61. The molecule has 2 N–H and O–H groups in total. The largest absolute Gasteiger partial charge is 0.493 e. The van der Waals surface area contributed by atoms with Gasteiger partial charge in [-0.25, -0.2) is 4.39 Å². The van der Waals surface area contributed by atoms with Crippen molar-refractivity contribution in [3.8, 4) is 28.4 Å². The predicted molar refractivity (Wildman–Crippen MR) is 136 cm³/mol. The van der Waals surface area contributed by atoms with E-state index in [-0.39, 0.29) is 23.7 Å². The molecule has 0 radical (unpaired) electrons. The first-order chi connectivity index (χ1) is 17.4. The lowest BCUT2D eigenvalue weighted by molar-refractivity contribution is -0.119. The number of rotatable bonds is 7. The Morgan fingerprint density at radius 3 is 2.44 bits per heavy atom. The lowest BCUT2D eigenvalue weighted by Crippen LogP contribution is -2.26. The van der Waals surface area contributed by atoms with Crippen LogP contribution in [0.2, 0.25) is 0 Å². The maximum absolute atomic E-state index is 14.1. The van der Waals surface area contributed by atoms with E-state index in [9.17, 15) is 14.0 Å². The number of carbonyl (C=O) groups excluding carboxylic acids is 1. The van der Waals surface area contributed by atoms with Crippen molar-refractivity contribution >= 4 is 11.6 Å². The Labute approximate surface area is 209 Å². The van der Waals surface area contributed by atoms with Gasteiger partial charge in [0.1, 0.15) is 5.82 Å². The van der Waals surface area contributed by atoms with Crippen LogP contribution in [0.25, 0.3) is 11.1 Å². The van der Waals surface area contributed by atoms with Crippen molar-refractivity contribution in [3.63, 3.8) is 0 Å². The molecule has 0 saturated heterocycles.